The second-order valence-electron chi connectivity index (χ2n) is 4.19. The Labute approximate surface area is 102 Å². The van der Waals surface area contributed by atoms with Crippen LogP contribution in [0, 0.1) is 5.92 Å². The van der Waals surface area contributed by atoms with Crippen LogP contribution in [0.25, 0.3) is 0 Å². The lowest BCUT2D eigenvalue weighted by atomic mass is 10.1. The number of carbonyl (C=O) groups excluding carboxylic acids is 1. The Kier molecular flexibility index (Phi) is 5.69. The maximum atomic E-state index is 11.4. The molecule has 0 aliphatic rings. The molecule has 1 heterocycles. The van der Waals surface area contributed by atoms with E-state index in [0.29, 0.717) is 13.2 Å². The number of aromatic nitrogens is 2. The van der Waals surface area contributed by atoms with Crippen LogP contribution in [0.2, 0.25) is 0 Å². The molecule has 5 nitrogen and oxygen atoms in total. The van der Waals surface area contributed by atoms with E-state index < -0.39 is 0 Å². The van der Waals surface area contributed by atoms with Crippen LogP contribution in [0.15, 0.2) is 18.5 Å². The van der Waals surface area contributed by atoms with Gasteiger partial charge in [-0.15, -0.1) is 0 Å². The first-order valence-corrected chi connectivity index (χ1v) is 6.01. The third-order valence-electron chi connectivity index (χ3n) is 2.48. The molecule has 2 unspecified atom stereocenters. The van der Waals surface area contributed by atoms with E-state index in [-0.39, 0.29) is 17.9 Å². The van der Waals surface area contributed by atoms with E-state index >= 15 is 0 Å². The minimum Gasteiger partial charge on any atom is -0.466 e. The van der Waals surface area contributed by atoms with Gasteiger partial charge in [-0.3, -0.25) is 9.48 Å². The molecule has 0 aliphatic carbocycles. The highest BCUT2D eigenvalue weighted by atomic mass is 16.5. The molecule has 1 aromatic heterocycles. The highest BCUT2D eigenvalue weighted by molar-refractivity contribution is 5.72. The van der Waals surface area contributed by atoms with Gasteiger partial charge in [0.1, 0.15) is 0 Å². The van der Waals surface area contributed by atoms with Gasteiger partial charge in [-0.2, -0.15) is 5.10 Å². The maximum Gasteiger partial charge on any atom is 0.309 e. The summed E-state index contributed by atoms with van der Waals surface area (Å²) in [7, 11) is 0. The van der Waals surface area contributed by atoms with Gasteiger partial charge in [-0.1, -0.05) is 6.92 Å². The summed E-state index contributed by atoms with van der Waals surface area (Å²) in [5.74, 6) is -0.263. The van der Waals surface area contributed by atoms with E-state index in [4.69, 9.17) is 4.74 Å². The zero-order valence-corrected chi connectivity index (χ0v) is 10.7. The Morgan fingerprint density at radius 2 is 2.29 bits per heavy atom. The Hall–Kier alpha value is -1.36. The maximum absolute atomic E-state index is 11.4. The summed E-state index contributed by atoms with van der Waals surface area (Å²) >= 11 is 0. The van der Waals surface area contributed by atoms with Crippen LogP contribution in [-0.4, -0.2) is 34.9 Å². The molecule has 0 aromatic carbocycles. The first-order chi connectivity index (χ1) is 8.13. The molecule has 0 bridgehead atoms. The van der Waals surface area contributed by atoms with Gasteiger partial charge in [0.15, 0.2) is 0 Å². The number of hydrogen-bond donors (Lipinski definition) is 1. The molecule has 1 aromatic rings. The number of carbonyl (C=O) groups is 1. The van der Waals surface area contributed by atoms with Crippen molar-refractivity contribution in [3.8, 4) is 0 Å². The lowest BCUT2D eigenvalue weighted by molar-refractivity contribution is -0.147. The fraction of sp³-hybridized carbons (Fsp3) is 0.667. The first kappa shape index (κ1) is 13.7. The highest BCUT2D eigenvalue weighted by Gasteiger charge is 2.14. The van der Waals surface area contributed by atoms with Crippen molar-refractivity contribution < 1.29 is 9.53 Å². The summed E-state index contributed by atoms with van der Waals surface area (Å²) in [5.41, 5.74) is 0. The minimum absolute atomic E-state index is 0.116. The molecule has 2 atom stereocenters. The minimum atomic E-state index is -0.147. The fourth-order valence-electron chi connectivity index (χ4n) is 1.50. The van der Waals surface area contributed by atoms with Crippen LogP contribution in [0.1, 0.15) is 20.8 Å². The van der Waals surface area contributed by atoms with Gasteiger partial charge >= 0.3 is 5.97 Å². The number of nitrogens with zero attached hydrogens (tertiary/aromatic N) is 2. The Bertz CT molecular complexity index is 325. The predicted molar refractivity (Wildman–Crippen MR) is 65.5 cm³/mol. The van der Waals surface area contributed by atoms with Gasteiger partial charge in [-0.25, -0.2) is 0 Å². The van der Waals surface area contributed by atoms with Crippen molar-refractivity contribution in [2.45, 2.75) is 33.4 Å². The predicted octanol–water partition coefficient (Wildman–Crippen LogP) is 1.06. The third kappa shape index (κ3) is 4.99. The van der Waals surface area contributed by atoms with Gasteiger partial charge in [0.05, 0.1) is 19.1 Å². The molecule has 0 saturated heterocycles. The van der Waals surface area contributed by atoms with Gasteiger partial charge in [0.25, 0.3) is 0 Å². The lowest BCUT2D eigenvalue weighted by Gasteiger charge is -2.16. The van der Waals surface area contributed by atoms with Crippen molar-refractivity contribution in [3.63, 3.8) is 0 Å². The van der Waals surface area contributed by atoms with Crippen LogP contribution in [0.3, 0.4) is 0 Å². The smallest absolute Gasteiger partial charge is 0.309 e. The van der Waals surface area contributed by atoms with Crippen LogP contribution < -0.4 is 5.32 Å². The number of ether oxygens (including phenoxy) is 1. The van der Waals surface area contributed by atoms with E-state index in [9.17, 15) is 4.79 Å². The lowest BCUT2D eigenvalue weighted by Crippen LogP contribution is -2.36. The molecule has 0 aliphatic heterocycles. The van der Waals surface area contributed by atoms with E-state index in [1.807, 2.05) is 30.8 Å². The van der Waals surface area contributed by atoms with Crippen molar-refractivity contribution in [2.24, 2.45) is 5.92 Å². The van der Waals surface area contributed by atoms with E-state index in [1.165, 1.54) is 0 Å². The van der Waals surface area contributed by atoms with Crippen LogP contribution >= 0.6 is 0 Å². The second-order valence-corrected chi connectivity index (χ2v) is 4.19. The molecular formula is C12H21N3O2. The van der Waals surface area contributed by atoms with E-state index in [0.717, 1.165) is 6.54 Å². The van der Waals surface area contributed by atoms with Gasteiger partial charge in [-0.05, 0) is 19.9 Å². The number of hydrogen-bond acceptors (Lipinski definition) is 4. The Morgan fingerprint density at radius 3 is 2.88 bits per heavy atom. The molecule has 96 valence electrons. The zero-order chi connectivity index (χ0) is 12.7. The van der Waals surface area contributed by atoms with Gasteiger partial charge < -0.3 is 10.1 Å². The molecule has 1 N–H and O–H groups in total. The fourth-order valence-corrected chi connectivity index (χ4v) is 1.50. The van der Waals surface area contributed by atoms with Crippen molar-refractivity contribution in [1.82, 2.24) is 15.1 Å². The molecule has 1 rings (SSSR count). The third-order valence-corrected chi connectivity index (χ3v) is 2.48. The van der Waals surface area contributed by atoms with Crippen molar-refractivity contribution in [3.05, 3.63) is 18.5 Å². The summed E-state index contributed by atoms with van der Waals surface area (Å²) in [6.45, 7) is 7.61. The van der Waals surface area contributed by atoms with Gasteiger partial charge in [0.2, 0.25) is 0 Å². The number of nitrogens with one attached hydrogen (secondary N) is 1. The van der Waals surface area contributed by atoms with Crippen LogP contribution in [-0.2, 0) is 16.1 Å². The summed E-state index contributed by atoms with van der Waals surface area (Å²) in [5, 5.41) is 7.43. The summed E-state index contributed by atoms with van der Waals surface area (Å²) in [6.07, 6.45) is 3.68. The highest BCUT2D eigenvalue weighted by Crippen LogP contribution is 1.98. The summed E-state index contributed by atoms with van der Waals surface area (Å²) in [6, 6.07) is 2.17. The second kappa shape index (κ2) is 7.06. The molecule has 0 amide bonds. The SMILES string of the molecule is CCOC(=O)C(C)CNC(C)Cn1cccn1. The van der Waals surface area contributed by atoms with Gasteiger partial charge in [0, 0.05) is 25.0 Å². The van der Waals surface area contributed by atoms with Crippen LogP contribution in [0.4, 0.5) is 0 Å². The Balaban J connectivity index is 2.23. The standard InChI is InChI=1S/C12H21N3O2/c1-4-17-12(16)10(2)8-13-11(3)9-15-7-5-6-14-15/h5-7,10-11,13H,4,8-9H2,1-3H3. The quantitative estimate of drug-likeness (QED) is 0.723. The van der Waals surface area contributed by atoms with Crippen molar-refractivity contribution in [1.29, 1.82) is 0 Å². The van der Waals surface area contributed by atoms with Crippen molar-refractivity contribution in [2.75, 3.05) is 13.2 Å². The molecule has 0 spiro atoms. The summed E-state index contributed by atoms with van der Waals surface area (Å²) < 4.78 is 6.81. The Morgan fingerprint density at radius 1 is 1.53 bits per heavy atom. The number of esters is 1. The molecule has 17 heavy (non-hydrogen) atoms. The molecule has 0 fully saturated rings. The molecule has 0 saturated carbocycles. The number of rotatable bonds is 7. The topological polar surface area (TPSA) is 56.1 Å². The zero-order valence-electron chi connectivity index (χ0n) is 10.7. The van der Waals surface area contributed by atoms with E-state index in [1.54, 1.807) is 6.20 Å². The average molecular weight is 239 g/mol. The largest absolute Gasteiger partial charge is 0.466 e. The molecule has 5 heteroatoms. The molecule has 0 radical (unpaired) electrons. The first-order valence-electron chi connectivity index (χ1n) is 6.01. The van der Waals surface area contributed by atoms with E-state index in [2.05, 4.69) is 17.3 Å². The van der Waals surface area contributed by atoms with Crippen LogP contribution in [0.5, 0.6) is 0 Å². The van der Waals surface area contributed by atoms with Crippen molar-refractivity contribution >= 4 is 5.97 Å². The monoisotopic (exact) mass is 239 g/mol. The molecular weight excluding hydrogens is 218 g/mol. The summed E-state index contributed by atoms with van der Waals surface area (Å²) in [4.78, 5) is 11.4. The average Bonchev–Trinajstić information content (AvgIpc) is 2.79. The normalized spacial score (nSPS) is 14.3.